The summed E-state index contributed by atoms with van der Waals surface area (Å²) in [5, 5.41) is 8.76. The minimum Gasteiger partial charge on any atom is -0.337 e. The fourth-order valence-electron chi connectivity index (χ4n) is 3.49. The number of rotatable bonds is 3. The van der Waals surface area contributed by atoms with Gasteiger partial charge in [-0.25, -0.2) is 4.68 Å². The Morgan fingerprint density at radius 3 is 2.96 bits per heavy atom. The van der Waals surface area contributed by atoms with Crippen LogP contribution < -0.4 is 5.56 Å². The van der Waals surface area contributed by atoms with Crippen molar-refractivity contribution >= 4 is 10.9 Å². The second kappa shape index (κ2) is 4.99. The van der Waals surface area contributed by atoms with E-state index >= 15 is 0 Å². The quantitative estimate of drug-likeness (QED) is 0.677. The molecule has 3 aromatic rings. The largest absolute Gasteiger partial charge is 0.337 e. The van der Waals surface area contributed by atoms with Gasteiger partial charge in [-0.2, -0.15) is 10.1 Å². The van der Waals surface area contributed by atoms with Crippen LogP contribution in [0.3, 0.4) is 0 Å². The molecule has 0 N–H and O–H groups in total. The molecule has 3 heterocycles. The lowest BCUT2D eigenvalue weighted by atomic mass is 10.1. The van der Waals surface area contributed by atoms with Crippen molar-refractivity contribution in [3.05, 3.63) is 46.6 Å². The lowest BCUT2D eigenvalue weighted by Gasteiger charge is -2.01. The maximum absolute atomic E-state index is 12.4. The van der Waals surface area contributed by atoms with E-state index in [1.165, 1.54) is 4.68 Å². The molecule has 0 radical (unpaired) electrons. The SMILES string of the molecule is O=c1c2cccnc2cnn1Cc1nc(C2[C@H]3CC#CC[C@@H]23)no1. The molecule has 0 amide bonds. The van der Waals surface area contributed by atoms with Crippen molar-refractivity contribution in [2.75, 3.05) is 0 Å². The average Bonchev–Trinajstić information content (AvgIpc) is 3.18. The van der Waals surface area contributed by atoms with E-state index in [0.29, 0.717) is 34.5 Å². The number of hydrogen-bond acceptors (Lipinski definition) is 6. The molecule has 1 fully saturated rings. The van der Waals surface area contributed by atoms with Gasteiger partial charge in [-0.3, -0.25) is 9.78 Å². The number of nitrogens with zero attached hydrogens (tertiary/aromatic N) is 5. The van der Waals surface area contributed by atoms with Gasteiger partial charge in [-0.1, -0.05) is 5.16 Å². The minimum atomic E-state index is -0.214. The zero-order chi connectivity index (χ0) is 16.1. The molecule has 5 rings (SSSR count). The van der Waals surface area contributed by atoms with Crippen LogP contribution in [0.25, 0.3) is 10.9 Å². The molecule has 3 atom stereocenters. The lowest BCUT2D eigenvalue weighted by molar-refractivity contribution is 0.358. The Morgan fingerprint density at radius 2 is 2.12 bits per heavy atom. The van der Waals surface area contributed by atoms with E-state index in [-0.39, 0.29) is 12.1 Å². The molecule has 2 aliphatic rings. The lowest BCUT2D eigenvalue weighted by Crippen LogP contribution is -2.23. The highest BCUT2D eigenvalue weighted by molar-refractivity contribution is 5.75. The molecular weight excluding hydrogens is 306 g/mol. The summed E-state index contributed by atoms with van der Waals surface area (Å²) in [6.45, 7) is 0.162. The maximum atomic E-state index is 12.4. The first-order valence-corrected chi connectivity index (χ1v) is 7.90. The standard InChI is InChI=1S/C17H13N5O2/c23-17-12-6-3-7-18-13(12)8-19-22(17)9-14-20-16(21-24-14)15-10-4-1-2-5-11(10)15/h3,6-8,10-11,15H,4-5,9H2/t10-,11+,15?. The van der Waals surface area contributed by atoms with Crippen molar-refractivity contribution in [1.29, 1.82) is 0 Å². The molecule has 0 bridgehead atoms. The highest BCUT2D eigenvalue weighted by Gasteiger charge is 2.53. The summed E-state index contributed by atoms with van der Waals surface area (Å²) >= 11 is 0. The summed E-state index contributed by atoms with van der Waals surface area (Å²) in [6.07, 6.45) is 5.04. The molecule has 0 aromatic carbocycles. The van der Waals surface area contributed by atoms with Crippen molar-refractivity contribution in [3.8, 4) is 11.8 Å². The average molecular weight is 319 g/mol. The Labute approximate surface area is 136 Å². The second-order valence-electron chi connectivity index (χ2n) is 6.21. The van der Waals surface area contributed by atoms with E-state index in [2.05, 4.69) is 32.1 Å². The third-order valence-corrected chi connectivity index (χ3v) is 4.82. The summed E-state index contributed by atoms with van der Waals surface area (Å²) < 4.78 is 6.65. The number of aromatic nitrogens is 5. The van der Waals surface area contributed by atoms with E-state index in [0.717, 1.165) is 18.7 Å². The van der Waals surface area contributed by atoms with E-state index in [1.54, 1.807) is 24.5 Å². The van der Waals surface area contributed by atoms with Crippen LogP contribution in [-0.4, -0.2) is 24.9 Å². The molecule has 1 saturated carbocycles. The van der Waals surface area contributed by atoms with Crippen LogP contribution >= 0.6 is 0 Å². The Balaban J connectivity index is 1.41. The topological polar surface area (TPSA) is 86.7 Å². The van der Waals surface area contributed by atoms with Gasteiger partial charge in [0.15, 0.2) is 5.82 Å². The number of pyridine rings is 1. The van der Waals surface area contributed by atoms with E-state index in [1.807, 2.05) is 0 Å². The van der Waals surface area contributed by atoms with Gasteiger partial charge in [0.1, 0.15) is 6.54 Å². The Hall–Kier alpha value is -3.01. The first-order valence-electron chi connectivity index (χ1n) is 7.90. The summed E-state index contributed by atoms with van der Waals surface area (Å²) in [5.41, 5.74) is 0.362. The Morgan fingerprint density at radius 1 is 1.29 bits per heavy atom. The number of hydrogen-bond donors (Lipinski definition) is 0. The Kier molecular flexibility index (Phi) is 2.80. The van der Waals surface area contributed by atoms with Crippen molar-refractivity contribution in [3.63, 3.8) is 0 Å². The number of fused-ring (bicyclic) bond motifs is 2. The molecule has 7 heteroatoms. The highest BCUT2D eigenvalue weighted by Crippen LogP contribution is 2.57. The fourth-order valence-corrected chi connectivity index (χ4v) is 3.49. The first kappa shape index (κ1) is 13.4. The van der Waals surface area contributed by atoms with Gasteiger partial charge in [-0.15, -0.1) is 11.8 Å². The third kappa shape index (κ3) is 2.03. The molecule has 0 spiro atoms. The normalized spacial score (nSPS) is 24.2. The second-order valence-corrected chi connectivity index (χ2v) is 6.21. The molecular formula is C17H13N5O2. The third-order valence-electron chi connectivity index (χ3n) is 4.82. The van der Waals surface area contributed by atoms with Crippen molar-refractivity contribution in [2.24, 2.45) is 11.8 Å². The predicted molar refractivity (Wildman–Crippen MR) is 83.9 cm³/mol. The molecule has 3 aromatic heterocycles. The van der Waals surface area contributed by atoms with Crippen molar-refractivity contribution in [1.82, 2.24) is 24.9 Å². The molecule has 118 valence electrons. The van der Waals surface area contributed by atoms with Crippen LogP contribution in [0, 0.1) is 23.7 Å². The zero-order valence-electron chi connectivity index (χ0n) is 12.7. The van der Waals surface area contributed by atoms with Crippen LogP contribution in [0.2, 0.25) is 0 Å². The van der Waals surface area contributed by atoms with E-state index in [9.17, 15) is 4.79 Å². The van der Waals surface area contributed by atoms with Crippen LogP contribution in [0.5, 0.6) is 0 Å². The molecule has 0 aliphatic heterocycles. The van der Waals surface area contributed by atoms with Gasteiger partial charge < -0.3 is 4.52 Å². The molecule has 0 saturated heterocycles. The van der Waals surface area contributed by atoms with Gasteiger partial charge in [0.2, 0.25) is 5.89 Å². The fraction of sp³-hybridized carbons (Fsp3) is 0.353. The molecule has 2 aliphatic carbocycles. The highest BCUT2D eigenvalue weighted by atomic mass is 16.5. The predicted octanol–water partition coefficient (Wildman–Crippen LogP) is 1.35. The summed E-state index contributed by atoms with van der Waals surface area (Å²) in [5.74, 6) is 8.87. The summed E-state index contributed by atoms with van der Waals surface area (Å²) in [4.78, 5) is 21.0. The molecule has 7 nitrogen and oxygen atoms in total. The summed E-state index contributed by atoms with van der Waals surface area (Å²) in [6, 6.07) is 3.47. The van der Waals surface area contributed by atoms with Gasteiger partial charge in [-0.05, 0) is 24.0 Å². The van der Waals surface area contributed by atoms with E-state index in [4.69, 9.17) is 4.52 Å². The van der Waals surface area contributed by atoms with Gasteiger partial charge >= 0.3 is 0 Å². The van der Waals surface area contributed by atoms with Gasteiger partial charge in [0.25, 0.3) is 5.56 Å². The monoisotopic (exact) mass is 319 g/mol. The van der Waals surface area contributed by atoms with E-state index < -0.39 is 0 Å². The van der Waals surface area contributed by atoms with Crippen molar-refractivity contribution < 1.29 is 4.52 Å². The van der Waals surface area contributed by atoms with Crippen LogP contribution in [-0.2, 0) is 6.54 Å². The van der Waals surface area contributed by atoms with Crippen LogP contribution in [0.1, 0.15) is 30.5 Å². The smallest absolute Gasteiger partial charge is 0.276 e. The van der Waals surface area contributed by atoms with Crippen LogP contribution in [0.4, 0.5) is 0 Å². The summed E-state index contributed by atoms with van der Waals surface area (Å²) in [7, 11) is 0. The minimum absolute atomic E-state index is 0.162. The molecule has 24 heavy (non-hydrogen) atoms. The Bertz CT molecular complexity index is 1040. The van der Waals surface area contributed by atoms with Gasteiger partial charge in [0, 0.05) is 25.0 Å². The zero-order valence-corrected chi connectivity index (χ0v) is 12.7. The van der Waals surface area contributed by atoms with Gasteiger partial charge in [0.05, 0.1) is 17.1 Å². The first-order chi connectivity index (χ1) is 11.8. The maximum Gasteiger partial charge on any atom is 0.276 e. The van der Waals surface area contributed by atoms with Crippen LogP contribution in [0.15, 0.2) is 33.8 Å². The van der Waals surface area contributed by atoms with Crippen molar-refractivity contribution in [2.45, 2.75) is 25.3 Å². The molecule has 1 unspecified atom stereocenters.